The Morgan fingerprint density at radius 1 is 1.15 bits per heavy atom. The second kappa shape index (κ2) is 10.9. The molecule has 1 amide bonds. The van der Waals surface area contributed by atoms with Crippen molar-refractivity contribution in [2.75, 3.05) is 6.54 Å². The minimum absolute atomic E-state index is 0.168. The highest BCUT2D eigenvalue weighted by Gasteiger charge is 2.16. The van der Waals surface area contributed by atoms with Crippen molar-refractivity contribution in [1.29, 1.82) is 0 Å². The van der Waals surface area contributed by atoms with Crippen LogP contribution in [0.5, 0.6) is 0 Å². The zero-order valence-electron chi connectivity index (χ0n) is 16.6. The molecule has 1 aromatic carbocycles. The number of hydrogen-bond donors (Lipinski definition) is 1. The number of amides is 1. The third-order valence-electron chi connectivity index (χ3n) is 4.57. The molecule has 4 nitrogen and oxygen atoms in total. The molecule has 1 N–H and O–H groups in total. The number of nitrogens with zero attached hydrogens (tertiary/aromatic N) is 1. The highest BCUT2D eigenvalue weighted by Crippen LogP contribution is 2.16. The van der Waals surface area contributed by atoms with Gasteiger partial charge in [-0.25, -0.2) is 4.39 Å². The molecule has 0 atom stereocenters. The fraction of sp³-hybridized carbons (Fsp3) is 0.500. The molecule has 0 radical (unpaired) electrons. The lowest BCUT2D eigenvalue weighted by Crippen LogP contribution is -2.29. The van der Waals surface area contributed by atoms with Gasteiger partial charge in [-0.15, -0.1) is 0 Å². The summed E-state index contributed by atoms with van der Waals surface area (Å²) in [4.78, 5) is 14.4. The van der Waals surface area contributed by atoms with Gasteiger partial charge < -0.3 is 9.73 Å². The Morgan fingerprint density at radius 2 is 1.96 bits per heavy atom. The first kappa shape index (κ1) is 21.2. The zero-order chi connectivity index (χ0) is 19.6. The van der Waals surface area contributed by atoms with Crippen LogP contribution >= 0.6 is 0 Å². The summed E-state index contributed by atoms with van der Waals surface area (Å²) in [7, 11) is 0. The first-order valence-electron chi connectivity index (χ1n) is 9.85. The number of furan rings is 1. The van der Waals surface area contributed by atoms with E-state index >= 15 is 0 Å². The van der Waals surface area contributed by atoms with E-state index < -0.39 is 0 Å². The third kappa shape index (κ3) is 7.18. The van der Waals surface area contributed by atoms with E-state index in [4.69, 9.17) is 4.42 Å². The van der Waals surface area contributed by atoms with Crippen molar-refractivity contribution >= 4 is 5.91 Å². The Morgan fingerprint density at radius 3 is 2.67 bits per heavy atom. The Bertz CT molecular complexity index is 712. The lowest BCUT2D eigenvalue weighted by atomic mass is 10.2. The van der Waals surface area contributed by atoms with Crippen LogP contribution in [0.1, 0.15) is 68.3 Å². The van der Waals surface area contributed by atoms with Crippen LogP contribution in [-0.4, -0.2) is 23.4 Å². The van der Waals surface area contributed by atoms with E-state index in [1.165, 1.54) is 18.9 Å². The SMILES string of the molecule is CCCCCCNC(=O)c1ccc(CN(Cc2cccc(F)c2)C(C)C)o1. The van der Waals surface area contributed by atoms with Crippen LogP contribution in [0.4, 0.5) is 4.39 Å². The van der Waals surface area contributed by atoms with Gasteiger partial charge in [-0.05, 0) is 50.1 Å². The van der Waals surface area contributed by atoms with Crippen molar-refractivity contribution in [1.82, 2.24) is 10.2 Å². The standard InChI is InChI=1S/C22H31FN2O2/c1-4-5-6-7-13-24-22(26)21-12-11-20(27-21)16-25(17(2)3)15-18-9-8-10-19(23)14-18/h8-12,14,17H,4-7,13,15-16H2,1-3H3,(H,24,26). The van der Waals surface area contributed by atoms with Crippen LogP contribution < -0.4 is 5.32 Å². The number of unbranched alkanes of at least 4 members (excludes halogenated alkanes) is 3. The van der Waals surface area contributed by atoms with Crippen molar-refractivity contribution in [3.05, 3.63) is 59.3 Å². The molecule has 0 spiro atoms. The van der Waals surface area contributed by atoms with Crippen LogP contribution in [0.2, 0.25) is 0 Å². The fourth-order valence-corrected chi connectivity index (χ4v) is 2.92. The first-order valence-corrected chi connectivity index (χ1v) is 9.85. The maximum Gasteiger partial charge on any atom is 0.286 e. The Balaban J connectivity index is 1.90. The van der Waals surface area contributed by atoms with Crippen molar-refractivity contribution in [2.24, 2.45) is 0 Å². The molecule has 5 heteroatoms. The van der Waals surface area contributed by atoms with Crippen LogP contribution in [-0.2, 0) is 13.1 Å². The molecule has 148 valence electrons. The molecule has 0 fully saturated rings. The van der Waals surface area contributed by atoms with Gasteiger partial charge in [0.1, 0.15) is 11.6 Å². The Kier molecular flexibility index (Phi) is 8.52. The summed E-state index contributed by atoms with van der Waals surface area (Å²) in [6.07, 6.45) is 4.49. The van der Waals surface area contributed by atoms with E-state index in [0.29, 0.717) is 25.4 Å². The van der Waals surface area contributed by atoms with Gasteiger partial charge in [0.25, 0.3) is 5.91 Å². The van der Waals surface area contributed by atoms with Crippen molar-refractivity contribution in [2.45, 2.75) is 65.6 Å². The lowest BCUT2D eigenvalue weighted by Gasteiger charge is -2.25. The summed E-state index contributed by atoms with van der Waals surface area (Å²) in [6, 6.07) is 10.5. The Hall–Kier alpha value is -2.14. The van der Waals surface area contributed by atoms with Gasteiger partial charge >= 0.3 is 0 Å². The van der Waals surface area contributed by atoms with Crippen molar-refractivity contribution in [3.8, 4) is 0 Å². The molecule has 1 heterocycles. The van der Waals surface area contributed by atoms with Gasteiger partial charge in [0.15, 0.2) is 5.76 Å². The van der Waals surface area contributed by atoms with Crippen LogP contribution in [0, 0.1) is 5.82 Å². The zero-order valence-corrected chi connectivity index (χ0v) is 16.6. The first-order chi connectivity index (χ1) is 13.0. The molecule has 0 bridgehead atoms. The van der Waals surface area contributed by atoms with Crippen LogP contribution in [0.25, 0.3) is 0 Å². The predicted octanol–water partition coefficient (Wildman–Crippen LogP) is 5.14. The summed E-state index contributed by atoms with van der Waals surface area (Å²) < 4.78 is 19.2. The van der Waals surface area contributed by atoms with E-state index in [9.17, 15) is 9.18 Å². The normalized spacial score (nSPS) is 11.3. The number of carbonyl (C=O) groups is 1. The molecule has 0 unspecified atom stereocenters. The second-order valence-electron chi connectivity index (χ2n) is 7.21. The van der Waals surface area contributed by atoms with Gasteiger partial charge in [0.05, 0.1) is 6.54 Å². The molecule has 0 aliphatic heterocycles. The predicted molar refractivity (Wildman–Crippen MR) is 106 cm³/mol. The average Bonchev–Trinajstić information content (AvgIpc) is 3.09. The largest absolute Gasteiger partial charge is 0.455 e. The topological polar surface area (TPSA) is 45.5 Å². The van der Waals surface area contributed by atoms with Gasteiger partial charge in [0, 0.05) is 19.1 Å². The molecule has 27 heavy (non-hydrogen) atoms. The maximum absolute atomic E-state index is 13.4. The minimum atomic E-state index is -0.230. The molecular weight excluding hydrogens is 343 g/mol. The quantitative estimate of drug-likeness (QED) is 0.554. The number of halogens is 1. The van der Waals surface area contributed by atoms with E-state index in [-0.39, 0.29) is 17.8 Å². The van der Waals surface area contributed by atoms with E-state index in [1.807, 2.05) is 12.1 Å². The molecule has 0 aliphatic rings. The van der Waals surface area contributed by atoms with Gasteiger partial charge in [-0.1, -0.05) is 38.3 Å². The second-order valence-corrected chi connectivity index (χ2v) is 7.21. The number of rotatable bonds is 11. The smallest absolute Gasteiger partial charge is 0.286 e. The van der Waals surface area contributed by atoms with Crippen LogP contribution in [0.3, 0.4) is 0 Å². The summed E-state index contributed by atoms with van der Waals surface area (Å²) in [5.41, 5.74) is 0.917. The Labute approximate surface area is 161 Å². The lowest BCUT2D eigenvalue weighted by molar-refractivity contribution is 0.0920. The summed E-state index contributed by atoms with van der Waals surface area (Å²) in [6.45, 7) is 8.20. The molecule has 1 aromatic heterocycles. The summed E-state index contributed by atoms with van der Waals surface area (Å²) >= 11 is 0. The average molecular weight is 375 g/mol. The van der Waals surface area contributed by atoms with E-state index in [2.05, 4.69) is 31.0 Å². The molecular formula is C22H31FN2O2. The van der Waals surface area contributed by atoms with E-state index in [1.54, 1.807) is 18.2 Å². The highest BCUT2D eigenvalue weighted by molar-refractivity contribution is 5.91. The molecule has 0 saturated heterocycles. The van der Waals surface area contributed by atoms with Gasteiger partial charge in [-0.3, -0.25) is 9.69 Å². The third-order valence-corrected chi connectivity index (χ3v) is 4.57. The van der Waals surface area contributed by atoms with Gasteiger partial charge in [-0.2, -0.15) is 0 Å². The number of hydrogen-bond acceptors (Lipinski definition) is 3. The van der Waals surface area contributed by atoms with Crippen molar-refractivity contribution in [3.63, 3.8) is 0 Å². The molecule has 2 aromatic rings. The summed E-state index contributed by atoms with van der Waals surface area (Å²) in [5, 5.41) is 2.91. The molecule has 0 saturated carbocycles. The fourth-order valence-electron chi connectivity index (χ4n) is 2.92. The van der Waals surface area contributed by atoms with Crippen LogP contribution in [0.15, 0.2) is 40.8 Å². The van der Waals surface area contributed by atoms with Gasteiger partial charge in [0.2, 0.25) is 0 Å². The highest BCUT2D eigenvalue weighted by atomic mass is 19.1. The molecule has 2 rings (SSSR count). The molecule has 0 aliphatic carbocycles. The maximum atomic E-state index is 13.4. The minimum Gasteiger partial charge on any atom is -0.455 e. The monoisotopic (exact) mass is 374 g/mol. The van der Waals surface area contributed by atoms with Crippen molar-refractivity contribution < 1.29 is 13.6 Å². The van der Waals surface area contributed by atoms with E-state index in [0.717, 1.165) is 24.2 Å². The number of benzene rings is 1. The number of carbonyl (C=O) groups excluding carboxylic acids is 1. The summed E-state index contributed by atoms with van der Waals surface area (Å²) in [5.74, 6) is 0.678. The number of nitrogens with one attached hydrogen (secondary N) is 1.